The standard InChI is InChI=1S/C17H23N5OS/c1-4-10-22-17(19-20-21-22)24-12-16(23)18-15(11-13(2)3)14-8-6-5-7-9-14/h4-9,13,15H,1,10-12H2,2-3H3,(H,18,23). The summed E-state index contributed by atoms with van der Waals surface area (Å²) in [6.45, 7) is 8.50. The predicted molar refractivity (Wildman–Crippen MR) is 95.5 cm³/mol. The lowest BCUT2D eigenvalue weighted by molar-refractivity contribution is -0.119. The number of aromatic nitrogens is 4. The highest BCUT2D eigenvalue weighted by Gasteiger charge is 2.17. The van der Waals surface area contributed by atoms with E-state index in [1.807, 2.05) is 30.3 Å². The molecular weight excluding hydrogens is 322 g/mol. The molecule has 0 saturated heterocycles. The maximum absolute atomic E-state index is 12.3. The maximum Gasteiger partial charge on any atom is 0.230 e. The second-order valence-corrected chi connectivity index (χ2v) is 6.82. The van der Waals surface area contributed by atoms with Gasteiger partial charge in [0.25, 0.3) is 0 Å². The molecule has 1 amide bonds. The number of hydrogen-bond donors (Lipinski definition) is 1. The first-order valence-corrected chi connectivity index (χ1v) is 8.93. The lowest BCUT2D eigenvalue weighted by Gasteiger charge is -2.21. The number of thioether (sulfide) groups is 1. The zero-order valence-electron chi connectivity index (χ0n) is 14.1. The summed E-state index contributed by atoms with van der Waals surface area (Å²) >= 11 is 1.32. The van der Waals surface area contributed by atoms with E-state index in [9.17, 15) is 4.79 Å². The molecule has 128 valence electrons. The van der Waals surface area contributed by atoms with Gasteiger partial charge in [-0.25, -0.2) is 4.68 Å². The zero-order valence-corrected chi connectivity index (χ0v) is 14.9. The van der Waals surface area contributed by atoms with Crippen molar-refractivity contribution in [3.8, 4) is 0 Å². The van der Waals surface area contributed by atoms with E-state index in [2.05, 4.69) is 41.3 Å². The Balaban J connectivity index is 1.95. The molecule has 24 heavy (non-hydrogen) atoms. The van der Waals surface area contributed by atoms with Gasteiger partial charge in [0.15, 0.2) is 0 Å². The van der Waals surface area contributed by atoms with E-state index < -0.39 is 0 Å². The SMILES string of the molecule is C=CCn1nnnc1SCC(=O)NC(CC(C)C)c1ccccc1. The highest BCUT2D eigenvalue weighted by atomic mass is 32.2. The van der Waals surface area contributed by atoms with Crippen molar-refractivity contribution in [2.24, 2.45) is 5.92 Å². The maximum atomic E-state index is 12.3. The molecule has 2 rings (SSSR count). The summed E-state index contributed by atoms with van der Waals surface area (Å²) in [5.41, 5.74) is 1.13. The third-order valence-corrected chi connectivity index (χ3v) is 4.33. The van der Waals surface area contributed by atoms with Gasteiger partial charge in [-0.05, 0) is 28.3 Å². The molecule has 0 aliphatic carbocycles. The van der Waals surface area contributed by atoms with Gasteiger partial charge in [-0.2, -0.15) is 0 Å². The number of carbonyl (C=O) groups excluding carboxylic acids is 1. The van der Waals surface area contributed by atoms with Crippen molar-refractivity contribution in [1.82, 2.24) is 25.5 Å². The highest BCUT2D eigenvalue weighted by Crippen LogP contribution is 2.22. The number of hydrogen-bond acceptors (Lipinski definition) is 5. The number of nitrogens with one attached hydrogen (secondary N) is 1. The molecule has 0 aliphatic heterocycles. The van der Waals surface area contributed by atoms with Crippen molar-refractivity contribution in [1.29, 1.82) is 0 Å². The zero-order chi connectivity index (χ0) is 17.4. The molecule has 2 aromatic rings. The minimum atomic E-state index is -0.0253. The van der Waals surface area contributed by atoms with Gasteiger partial charge < -0.3 is 5.32 Å². The summed E-state index contributed by atoms with van der Waals surface area (Å²) in [5, 5.41) is 15.2. The average Bonchev–Trinajstić information content (AvgIpc) is 3.00. The summed E-state index contributed by atoms with van der Waals surface area (Å²) in [6.07, 6.45) is 2.61. The second-order valence-electron chi connectivity index (χ2n) is 5.88. The van der Waals surface area contributed by atoms with Crippen LogP contribution in [0.5, 0.6) is 0 Å². The van der Waals surface area contributed by atoms with E-state index in [-0.39, 0.29) is 17.7 Å². The van der Waals surface area contributed by atoms with E-state index in [1.165, 1.54) is 11.8 Å². The molecule has 0 bridgehead atoms. The van der Waals surface area contributed by atoms with Crippen molar-refractivity contribution in [2.75, 3.05) is 5.75 Å². The molecule has 1 unspecified atom stereocenters. The van der Waals surface area contributed by atoms with Gasteiger partial charge in [0.1, 0.15) is 0 Å². The van der Waals surface area contributed by atoms with Crippen LogP contribution in [0.25, 0.3) is 0 Å². The van der Waals surface area contributed by atoms with Gasteiger partial charge in [0.05, 0.1) is 18.3 Å². The molecule has 6 nitrogen and oxygen atoms in total. The summed E-state index contributed by atoms with van der Waals surface area (Å²) in [4.78, 5) is 12.3. The fraction of sp³-hybridized carbons (Fsp3) is 0.412. The number of tetrazole rings is 1. The molecule has 0 spiro atoms. The van der Waals surface area contributed by atoms with Crippen LogP contribution in [-0.4, -0.2) is 31.9 Å². The number of amides is 1. The summed E-state index contributed by atoms with van der Waals surface area (Å²) < 4.78 is 1.62. The number of nitrogens with zero attached hydrogens (tertiary/aromatic N) is 4. The summed E-state index contributed by atoms with van der Waals surface area (Å²) in [6, 6.07) is 10.1. The molecule has 1 N–H and O–H groups in total. The molecule has 0 saturated carbocycles. The van der Waals surface area contributed by atoms with Crippen LogP contribution in [0.1, 0.15) is 31.9 Å². The first-order chi connectivity index (χ1) is 11.6. The van der Waals surface area contributed by atoms with Crippen molar-refractivity contribution >= 4 is 17.7 Å². The van der Waals surface area contributed by atoms with E-state index in [1.54, 1.807) is 10.8 Å². The normalized spacial score (nSPS) is 12.1. The largest absolute Gasteiger partial charge is 0.349 e. The number of carbonyl (C=O) groups is 1. The fourth-order valence-corrected chi connectivity index (χ4v) is 3.04. The Kier molecular flexibility index (Phi) is 6.99. The Morgan fingerprint density at radius 2 is 2.12 bits per heavy atom. The van der Waals surface area contributed by atoms with Crippen molar-refractivity contribution in [3.05, 3.63) is 48.6 Å². The molecular formula is C17H23N5OS. The summed E-state index contributed by atoms with van der Waals surface area (Å²) in [5.74, 6) is 0.740. The molecule has 1 atom stereocenters. The van der Waals surface area contributed by atoms with E-state index in [0.717, 1.165) is 12.0 Å². The van der Waals surface area contributed by atoms with Crippen LogP contribution in [-0.2, 0) is 11.3 Å². The first kappa shape index (κ1) is 18.2. The Morgan fingerprint density at radius 1 is 1.38 bits per heavy atom. The van der Waals surface area contributed by atoms with Gasteiger partial charge in [-0.3, -0.25) is 4.79 Å². The lowest BCUT2D eigenvalue weighted by Crippen LogP contribution is -2.31. The van der Waals surface area contributed by atoms with E-state index in [4.69, 9.17) is 0 Å². The number of allylic oxidation sites excluding steroid dienone is 1. The van der Waals surface area contributed by atoms with E-state index in [0.29, 0.717) is 17.6 Å². The minimum absolute atomic E-state index is 0.0171. The topological polar surface area (TPSA) is 72.7 Å². The number of benzene rings is 1. The molecule has 0 fully saturated rings. The molecule has 0 aliphatic rings. The Hall–Kier alpha value is -2.15. The van der Waals surface area contributed by atoms with Crippen LogP contribution in [0.2, 0.25) is 0 Å². The Labute approximate surface area is 146 Å². The molecule has 7 heteroatoms. The Bertz CT molecular complexity index is 656. The first-order valence-electron chi connectivity index (χ1n) is 7.94. The van der Waals surface area contributed by atoms with Crippen LogP contribution in [0.15, 0.2) is 48.1 Å². The van der Waals surface area contributed by atoms with Crippen molar-refractivity contribution in [2.45, 2.75) is 38.0 Å². The smallest absolute Gasteiger partial charge is 0.230 e. The van der Waals surface area contributed by atoms with Crippen LogP contribution >= 0.6 is 11.8 Å². The third kappa shape index (κ3) is 5.49. The highest BCUT2D eigenvalue weighted by molar-refractivity contribution is 7.99. The van der Waals surface area contributed by atoms with Crippen LogP contribution in [0.4, 0.5) is 0 Å². The van der Waals surface area contributed by atoms with Crippen LogP contribution in [0.3, 0.4) is 0 Å². The van der Waals surface area contributed by atoms with E-state index >= 15 is 0 Å². The van der Waals surface area contributed by atoms with Gasteiger partial charge in [-0.15, -0.1) is 11.7 Å². The quantitative estimate of drug-likeness (QED) is 0.559. The van der Waals surface area contributed by atoms with Crippen LogP contribution < -0.4 is 5.32 Å². The fourth-order valence-electron chi connectivity index (χ4n) is 2.34. The number of rotatable bonds is 9. The second kappa shape index (κ2) is 9.22. The molecule has 1 heterocycles. The molecule has 0 radical (unpaired) electrons. The van der Waals surface area contributed by atoms with Gasteiger partial charge in [-0.1, -0.05) is 62.0 Å². The minimum Gasteiger partial charge on any atom is -0.349 e. The van der Waals surface area contributed by atoms with Gasteiger partial charge in [0, 0.05) is 0 Å². The Morgan fingerprint density at radius 3 is 2.79 bits per heavy atom. The lowest BCUT2D eigenvalue weighted by atomic mass is 9.97. The monoisotopic (exact) mass is 345 g/mol. The van der Waals surface area contributed by atoms with Gasteiger partial charge >= 0.3 is 0 Å². The molecule has 1 aromatic heterocycles. The van der Waals surface area contributed by atoms with Crippen molar-refractivity contribution < 1.29 is 4.79 Å². The van der Waals surface area contributed by atoms with Gasteiger partial charge in [0.2, 0.25) is 11.1 Å². The third-order valence-electron chi connectivity index (χ3n) is 3.38. The predicted octanol–water partition coefficient (Wildman–Crippen LogP) is 2.85. The molecule has 1 aromatic carbocycles. The summed E-state index contributed by atoms with van der Waals surface area (Å²) in [7, 11) is 0. The van der Waals surface area contributed by atoms with Crippen LogP contribution in [0, 0.1) is 5.92 Å². The van der Waals surface area contributed by atoms with Crippen molar-refractivity contribution in [3.63, 3.8) is 0 Å². The average molecular weight is 345 g/mol.